The van der Waals surface area contributed by atoms with Crippen LogP contribution >= 0.6 is 11.3 Å². The van der Waals surface area contributed by atoms with Crippen molar-refractivity contribution in [3.8, 4) is 5.75 Å². The lowest BCUT2D eigenvalue weighted by atomic mass is 10.1. The van der Waals surface area contributed by atoms with Crippen LogP contribution in [0.15, 0.2) is 59.0 Å². The summed E-state index contributed by atoms with van der Waals surface area (Å²) in [5.41, 5.74) is 2.38. The third-order valence-electron chi connectivity index (χ3n) is 3.61. The number of nitro groups is 1. The summed E-state index contributed by atoms with van der Waals surface area (Å²) in [6, 6.07) is 14.8. The Morgan fingerprint density at radius 3 is 2.85 bits per heavy atom. The van der Waals surface area contributed by atoms with Crippen LogP contribution in [0.2, 0.25) is 0 Å². The number of carbonyl (C=O) groups is 1. The molecule has 0 bridgehead atoms. The average Bonchev–Trinajstić information content (AvgIpc) is 3.11. The van der Waals surface area contributed by atoms with Gasteiger partial charge in [0.2, 0.25) is 0 Å². The van der Waals surface area contributed by atoms with Crippen LogP contribution in [0.25, 0.3) is 10.8 Å². The van der Waals surface area contributed by atoms with Crippen molar-refractivity contribution in [2.75, 3.05) is 0 Å². The molecule has 3 aromatic rings. The van der Waals surface area contributed by atoms with E-state index >= 15 is 0 Å². The van der Waals surface area contributed by atoms with Crippen LogP contribution in [0.4, 0.5) is 5.69 Å². The van der Waals surface area contributed by atoms with Crippen molar-refractivity contribution in [1.82, 2.24) is 5.43 Å². The normalized spacial score (nSPS) is 12.2. The highest BCUT2D eigenvalue weighted by atomic mass is 32.1. The molecule has 1 atom stereocenters. The molecule has 0 saturated carbocycles. The number of hydrogen-bond donors (Lipinski definition) is 1. The van der Waals surface area contributed by atoms with Gasteiger partial charge in [-0.25, -0.2) is 5.43 Å². The summed E-state index contributed by atoms with van der Waals surface area (Å²) in [7, 11) is 0. The highest BCUT2D eigenvalue weighted by Crippen LogP contribution is 2.26. The van der Waals surface area contributed by atoms with E-state index in [1.807, 2.05) is 36.4 Å². The maximum absolute atomic E-state index is 12.1. The van der Waals surface area contributed by atoms with Crippen molar-refractivity contribution in [1.29, 1.82) is 0 Å². The Balaban J connectivity index is 1.62. The maximum atomic E-state index is 12.1. The molecule has 1 heterocycles. The number of amides is 1. The molecule has 1 aromatic heterocycles. The second-order valence-corrected chi connectivity index (χ2v) is 6.38. The van der Waals surface area contributed by atoms with Crippen LogP contribution in [0, 0.1) is 10.1 Å². The van der Waals surface area contributed by atoms with E-state index in [-0.39, 0.29) is 5.69 Å². The SMILES string of the molecule is C[C@H](Oc1cccc2ccccc12)C(=O)N/N=C\c1cc([N+](=O)[O-])cs1. The molecule has 3 rings (SSSR count). The Hall–Kier alpha value is -3.26. The van der Waals surface area contributed by atoms with Crippen LogP contribution < -0.4 is 10.2 Å². The second kappa shape index (κ2) is 7.75. The number of thiophene rings is 1. The maximum Gasteiger partial charge on any atom is 0.280 e. The minimum absolute atomic E-state index is 0.00423. The number of carbonyl (C=O) groups excluding carboxylic acids is 1. The molecule has 0 saturated heterocycles. The summed E-state index contributed by atoms with van der Waals surface area (Å²) < 4.78 is 5.76. The zero-order chi connectivity index (χ0) is 18.5. The van der Waals surface area contributed by atoms with E-state index in [0.29, 0.717) is 10.6 Å². The lowest BCUT2D eigenvalue weighted by Gasteiger charge is -2.14. The number of benzene rings is 2. The minimum atomic E-state index is -0.754. The van der Waals surface area contributed by atoms with E-state index in [9.17, 15) is 14.9 Å². The first-order valence-corrected chi connectivity index (χ1v) is 8.63. The summed E-state index contributed by atoms with van der Waals surface area (Å²) in [6.07, 6.45) is 0.607. The van der Waals surface area contributed by atoms with Gasteiger partial charge in [-0.2, -0.15) is 5.10 Å². The van der Waals surface area contributed by atoms with Crippen LogP contribution in [0.5, 0.6) is 5.75 Å². The van der Waals surface area contributed by atoms with Crippen molar-refractivity contribution in [3.63, 3.8) is 0 Å². The fourth-order valence-corrected chi connectivity index (χ4v) is 3.01. The smallest absolute Gasteiger partial charge is 0.280 e. The van der Waals surface area contributed by atoms with E-state index < -0.39 is 16.9 Å². The molecular formula is C18H15N3O4S. The van der Waals surface area contributed by atoms with Gasteiger partial charge in [0, 0.05) is 11.5 Å². The van der Waals surface area contributed by atoms with Crippen LogP contribution in [-0.2, 0) is 4.79 Å². The molecule has 0 radical (unpaired) electrons. The predicted molar refractivity (Wildman–Crippen MR) is 101 cm³/mol. The monoisotopic (exact) mass is 369 g/mol. The Morgan fingerprint density at radius 1 is 1.31 bits per heavy atom. The highest BCUT2D eigenvalue weighted by Gasteiger charge is 2.15. The van der Waals surface area contributed by atoms with Gasteiger partial charge in [-0.1, -0.05) is 36.4 Å². The first kappa shape index (κ1) is 17.6. The van der Waals surface area contributed by atoms with Crippen LogP contribution in [-0.4, -0.2) is 23.1 Å². The third kappa shape index (κ3) is 4.04. The molecule has 1 N–H and O–H groups in total. The summed E-state index contributed by atoms with van der Waals surface area (Å²) in [5.74, 6) is 0.198. The Bertz CT molecular complexity index is 978. The zero-order valence-electron chi connectivity index (χ0n) is 13.8. The lowest BCUT2D eigenvalue weighted by Crippen LogP contribution is -2.33. The minimum Gasteiger partial charge on any atom is -0.480 e. The number of rotatable bonds is 6. The molecule has 2 aromatic carbocycles. The molecule has 26 heavy (non-hydrogen) atoms. The second-order valence-electron chi connectivity index (χ2n) is 5.44. The number of nitrogens with one attached hydrogen (secondary N) is 1. The first-order chi connectivity index (χ1) is 12.5. The topological polar surface area (TPSA) is 93.8 Å². The van der Waals surface area contributed by atoms with E-state index in [4.69, 9.17) is 4.74 Å². The third-order valence-corrected chi connectivity index (χ3v) is 4.46. The summed E-state index contributed by atoms with van der Waals surface area (Å²) in [5, 5.41) is 17.8. The summed E-state index contributed by atoms with van der Waals surface area (Å²) >= 11 is 1.17. The van der Waals surface area contributed by atoms with Gasteiger partial charge < -0.3 is 4.74 Å². The molecule has 0 spiro atoms. The van der Waals surface area contributed by atoms with Gasteiger partial charge in [0.05, 0.1) is 21.4 Å². The van der Waals surface area contributed by atoms with Crippen molar-refractivity contribution in [2.45, 2.75) is 13.0 Å². The predicted octanol–water partition coefficient (Wildman–Crippen LogP) is 3.73. The van der Waals surface area contributed by atoms with Crippen molar-refractivity contribution >= 4 is 39.9 Å². The van der Waals surface area contributed by atoms with Crippen LogP contribution in [0.1, 0.15) is 11.8 Å². The largest absolute Gasteiger partial charge is 0.480 e. The number of hydrogen-bond acceptors (Lipinski definition) is 6. The summed E-state index contributed by atoms with van der Waals surface area (Å²) in [4.78, 5) is 22.9. The Kier molecular flexibility index (Phi) is 5.23. The van der Waals surface area contributed by atoms with E-state index in [1.54, 1.807) is 13.0 Å². The van der Waals surface area contributed by atoms with Gasteiger partial charge >= 0.3 is 0 Å². The van der Waals surface area contributed by atoms with E-state index in [2.05, 4.69) is 10.5 Å². The standard InChI is InChI=1S/C18H15N3O4S/c1-12(25-17-8-4-6-13-5-2-3-7-16(13)17)18(22)20-19-10-15-9-14(11-26-15)21(23)24/h2-12H,1H3,(H,20,22)/b19-10-/t12-/m0/s1. The molecule has 7 nitrogen and oxygen atoms in total. The van der Waals surface area contributed by atoms with E-state index in [0.717, 1.165) is 10.8 Å². The Morgan fingerprint density at radius 2 is 2.08 bits per heavy atom. The number of nitrogens with zero attached hydrogens (tertiary/aromatic N) is 2. The van der Waals surface area contributed by atoms with Crippen molar-refractivity contribution < 1.29 is 14.5 Å². The average molecular weight is 369 g/mol. The number of fused-ring (bicyclic) bond motifs is 1. The number of ether oxygens (including phenoxy) is 1. The van der Waals surface area contributed by atoms with Gasteiger partial charge in [0.1, 0.15) is 5.75 Å². The van der Waals surface area contributed by atoms with Crippen molar-refractivity contribution in [2.24, 2.45) is 5.10 Å². The molecular weight excluding hydrogens is 354 g/mol. The first-order valence-electron chi connectivity index (χ1n) is 7.75. The summed E-state index contributed by atoms with van der Waals surface area (Å²) in [6.45, 7) is 1.63. The molecule has 1 amide bonds. The fourth-order valence-electron chi connectivity index (χ4n) is 2.30. The lowest BCUT2D eigenvalue weighted by molar-refractivity contribution is -0.384. The van der Waals surface area contributed by atoms with Gasteiger partial charge in [-0.15, -0.1) is 11.3 Å². The Labute approximate surface area is 153 Å². The van der Waals surface area contributed by atoms with E-state index in [1.165, 1.54) is 29.0 Å². The van der Waals surface area contributed by atoms with Gasteiger partial charge in [-0.3, -0.25) is 14.9 Å². The van der Waals surface area contributed by atoms with Gasteiger partial charge in [0.25, 0.3) is 11.6 Å². The molecule has 0 unspecified atom stereocenters. The molecule has 0 aliphatic carbocycles. The van der Waals surface area contributed by atoms with Crippen molar-refractivity contribution in [3.05, 3.63) is 68.9 Å². The molecule has 0 aliphatic heterocycles. The quantitative estimate of drug-likeness (QED) is 0.407. The highest BCUT2D eigenvalue weighted by molar-refractivity contribution is 7.12. The van der Waals surface area contributed by atoms with Gasteiger partial charge in [0.15, 0.2) is 6.10 Å². The molecule has 132 valence electrons. The molecule has 0 aliphatic rings. The molecule has 8 heteroatoms. The molecule has 0 fully saturated rings. The number of hydrazone groups is 1. The van der Waals surface area contributed by atoms with Gasteiger partial charge in [-0.05, 0) is 18.4 Å². The fraction of sp³-hybridized carbons (Fsp3) is 0.111. The zero-order valence-corrected chi connectivity index (χ0v) is 14.6. The van der Waals surface area contributed by atoms with Crippen LogP contribution in [0.3, 0.4) is 0 Å².